The summed E-state index contributed by atoms with van der Waals surface area (Å²) in [4.78, 5) is 25.8. The van der Waals surface area contributed by atoms with E-state index >= 15 is 0 Å². The van der Waals surface area contributed by atoms with Crippen LogP contribution < -0.4 is 5.32 Å². The summed E-state index contributed by atoms with van der Waals surface area (Å²) in [6, 6.07) is -0.462. The van der Waals surface area contributed by atoms with Crippen molar-refractivity contribution >= 4 is 11.9 Å². The molecule has 114 valence electrons. The Bertz CT molecular complexity index is 353. The minimum atomic E-state index is -0.462. The molecule has 0 radical (unpaired) electrons. The number of esters is 1. The summed E-state index contributed by atoms with van der Waals surface area (Å²) in [5.74, 6) is -0.350. The molecular weight excluding hydrogens is 260 g/mol. The predicted octanol–water partition coefficient (Wildman–Crippen LogP) is 0.308. The van der Waals surface area contributed by atoms with E-state index < -0.39 is 6.04 Å². The summed E-state index contributed by atoms with van der Waals surface area (Å²) in [7, 11) is 0. The maximum atomic E-state index is 12.3. The van der Waals surface area contributed by atoms with Crippen LogP contribution in [0.25, 0.3) is 0 Å². The molecule has 6 nitrogen and oxygen atoms in total. The molecule has 2 unspecified atom stereocenters. The van der Waals surface area contributed by atoms with Crippen molar-refractivity contribution in [3.8, 4) is 0 Å². The van der Waals surface area contributed by atoms with Gasteiger partial charge < -0.3 is 19.7 Å². The van der Waals surface area contributed by atoms with Gasteiger partial charge in [0.15, 0.2) is 0 Å². The molecule has 2 atom stereocenters. The van der Waals surface area contributed by atoms with Gasteiger partial charge in [-0.15, -0.1) is 0 Å². The molecular formula is C14H24N2O4. The van der Waals surface area contributed by atoms with E-state index in [4.69, 9.17) is 9.47 Å². The second-order valence-corrected chi connectivity index (χ2v) is 5.67. The van der Waals surface area contributed by atoms with Gasteiger partial charge in [0.1, 0.15) is 0 Å². The summed E-state index contributed by atoms with van der Waals surface area (Å²) in [5, 5.41) is 3.10. The van der Waals surface area contributed by atoms with E-state index in [1.165, 1.54) is 0 Å². The number of nitrogens with one attached hydrogen (secondary N) is 1. The molecule has 0 spiro atoms. The first kappa shape index (κ1) is 15.3. The lowest BCUT2D eigenvalue weighted by Gasteiger charge is -2.34. The Labute approximate surface area is 119 Å². The summed E-state index contributed by atoms with van der Waals surface area (Å²) in [6.45, 7) is 6.41. The lowest BCUT2D eigenvalue weighted by Crippen LogP contribution is -2.57. The highest BCUT2D eigenvalue weighted by Crippen LogP contribution is 2.15. The molecule has 0 aliphatic carbocycles. The van der Waals surface area contributed by atoms with E-state index in [2.05, 4.69) is 5.32 Å². The second-order valence-electron chi connectivity index (χ2n) is 5.67. The Hall–Kier alpha value is -1.14. The first-order valence-corrected chi connectivity index (χ1v) is 7.39. The van der Waals surface area contributed by atoms with E-state index in [0.29, 0.717) is 19.6 Å². The van der Waals surface area contributed by atoms with Gasteiger partial charge in [-0.2, -0.15) is 0 Å². The van der Waals surface area contributed by atoms with Crippen LogP contribution in [-0.2, 0) is 19.1 Å². The van der Waals surface area contributed by atoms with Gasteiger partial charge in [0, 0.05) is 26.2 Å². The number of carbonyl (C=O) groups is 2. The number of amides is 1. The van der Waals surface area contributed by atoms with Gasteiger partial charge in [-0.05, 0) is 26.7 Å². The Morgan fingerprint density at radius 1 is 1.55 bits per heavy atom. The summed E-state index contributed by atoms with van der Waals surface area (Å²) < 4.78 is 10.7. The van der Waals surface area contributed by atoms with E-state index in [1.54, 1.807) is 18.7 Å². The van der Waals surface area contributed by atoms with E-state index in [9.17, 15) is 9.59 Å². The quantitative estimate of drug-likeness (QED) is 0.736. The number of hydrogen-bond donors (Lipinski definition) is 1. The molecule has 6 heteroatoms. The normalized spacial score (nSPS) is 27.1. The van der Waals surface area contributed by atoms with E-state index in [-0.39, 0.29) is 30.5 Å². The standard InChI is InChI=1S/C14H24N2O4/c1-10(2)20-13(17)8-12-14(18)16(6-5-15-12)9-11-4-3-7-19-11/h10-12,15H,3-9H2,1-2H3. The molecule has 0 saturated carbocycles. The van der Waals surface area contributed by atoms with Crippen molar-refractivity contribution in [1.29, 1.82) is 0 Å². The zero-order valence-electron chi connectivity index (χ0n) is 12.3. The molecule has 2 fully saturated rings. The van der Waals surface area contributed by atoms with Gasteiger partial charge >= 0.3 is 5.97 Å². The van der Waals surface area contributed by atoms with Crippen LogP contribution in [0.1, 0.15) is 33.1 Å². The maximum Gasteiger partial charge on any atom is 0.308 e. The first-order chi connectivity index (χ1) is 9.56. The van der Waals surface area contributed by atoms with Gasteiger partial charge in [0.05, 0.1) is 24.7 Å². The lowest BCUT2D eigenvalue weighted by atomic mass is 10.1. The number of nitrogens with zero attached hydrogens (tertiary/aromatic N) is 1. The van der Waals surface area contributed by atoms with Gasteiger partial charge in [-0.25, -0.2) is 0 Å². The monoisotopic (exact) mass is 284 g/mol. The largest absolute Gasteiger partial charge is 0.463 e. The number of ether oxygens (including phenoxy) is 2. The Morgan fingerprint density at radius 2 is 2.35 bits per heavy atom. The molecule has 0 aromatic heterocycles. The molecule has 0 aromatic rings. The van der Waals surface area contributed by atoms with Gasteiger partial charge in [-0.3, -0.25) is 9.59 Å². The van der Waals surface area contributed by atoms with Gasteiger partial charge in [0.25, 0.3) is 0 Å². The highest BCUT2D eigenvalue weighted by atomic mass is 16.5. The predicted molar refractivity (Wildman–Crippen MR) is 73.2 cm³/mol. The van der Waals surface area contributed by atoms with Crippen LogP contribution in [-0.4, -0.2) is 61.3 Å². The summed E-state index contributed by atoms with van der Waals surface area (Å²) in [5.41, 5.74) is 0. The number of carbonyl (C=O) groups excluding carboxylic acids is 2. The van der Waals surface area contributed by atoms with Crippen LogP contribution in [0, 0.1) is 0 Å². The van der Waals surface area contributed by atoms with Crippen molar-refractivity contribution in [2.24, 2.45) is 0 Å². The summed E-state index contributed by atoms with van der Waals surface area (Å²) in [6.07, 6.45) is 2.18. The van der Waals surface area contributed by atoms with Crippen molar-refractivity contribution in [3.63, 3.8) is 0 Å². The Balaban J connectivity index is 1.84. The number of hydrogen-bond acceptors (Lipinski definition) is 5. The fourth-order valence-corrected chi connectivity index (χ4v) is 2.64. The van der Waals surface area contributed by atoms with Crippen molar-refractivity contribution in [2.75, 3.05) is 26.2 Å². The zero-order valence-corrected chi connectivity index (χ0v) is 12.3. The molecule has 2 saturated heterocycles. The third-order valence-corrected chi connectivity index (χ3v) is 3.57. The van der Waals surface area contributed by atoms with Crippen LogP contribution in [0.3, 0.4) is 0 Å². The third-order valence-electron chi connectivity index (χ3n) is 3.57. The molecule has 20 heavy (non-hydrogen) atoms. The highest BCUT2D eigenvalue weighted by molar-refractivity contribution is 5.87. The minimum Gasteiger partial charge on any atom is -0.463 e. The average molecular weight is 284 g/mol. The van der Waals surface area contributed by atoms with E-state index in [0.717, 1.165) is 19.4 Å². The summed E-state index contributed by atoms with van der Waals surface area (Å²) >= 11 is 0. The zero-order chi connectivity index (χ0) is 14.5. The topological polar surface area (TPSA) is 67.9 Å². The fourth-order valence-electron chi connectivity index (χ4n) is 2.64. The smallest absolute Gasteiger partial charge is 0.308 e. The Morgan fingerprint density at radius 3 is 3.00 bits per heavy atom. The molecule has 1 amide bonds. The molecule has 2 rings (SSSR count). The molecule has 1 N–H and O–H groups in total. The van der Waals surface area contributed by atoms with Gasteiger partial charge in [0.2, 0.25) is 5.91 Å². The molecule has 2 heterocycles. The third kappa shape index (κ3) is 4.18. The van der Waals surface area contributed by atoms with Crippen LogP contribution in [0.5, 0.6) is 0 Å². The molecule has 0 aromatic carbocycles. The Kier molecular flexibility index (Phi) is 5.37. The average Bonchev–Trinajstić information content (AvgIpc) is 2.86. The van der Waals surface area contributed by atoms with Crippen molar-refractivity contribution in [3.05, 3.63) is 0 Å². The van der Waals surface area contributed by atoms with Crippen LogP contribution >= 0.6 is 0 Å². The van der Waals surface area contributed by atoms with E-state index in [1.807, 2.05) is 0 Å². The maximum absolute atomic E-state index is 12.3. The van der Waals surface area contributed by atoms with Crippen molar-refractivity contribution in [2.45, 2.75) is 51.4 Å². The van der Waals surface area contributed by atoms with Gasteiger partial charge in [-0.1, -0.05) is 0 Å². The lowest BCUT2D eigenvalue weighted by molar-refractivity contribution is -0.151. The second kappa shape index (κ2) is 7.04. The minimum absolute atomic E-state index is 0.0209. The molecule has 2 aliphatic rings. The van der Waals surface area contributed by atoms with Crippen molar-refractivity contribution < 1.29 is 19.1 Å². The van der Waals surface area contributed by atoms with Crippen LogP contribution in [0.2, 0.25) is 0 Å². The highest BCUT2D eigenvalue weighted by Gasteiger charge is 2.32. The fraction of sp³-hybridized carbons (Fsp3) is 0.857. The van der Waals surface area contributed by atoms with Crippen LogP contribution in [0.15, 0.2) is 0 Å². The number of rotatable bonds is 5. The van der Waals surface area contributed by atoms with Crippen molar-refractivity contribution in [1.82, 2.24) is 10.2 Å². The van der Waals surface area contributed by atoms with Crippen LogP contribution in [0.4, 0.5) is 0 Å². The molecule has 0 bridgehead atoms. The first-order valence-electron chi connectivity index (χ1n) is 7.39. The SMILES string of the molecule is CC(C)OC(=O)CC1NCCN(CC2CCCO2)C1=O. The molecule has 2 aliphatic heterocycles. The number of piperazine rings is 1.